The van der Waals surface area contributed by atoms with Gasteiger partial charge in [-0.2, -0.15) is 5.10 Å². The first-order valence-corrected chi connectivity index (χ1v) is 6.88. The van der Waals surface area contributed by atoms with Crippen molar-refractivity contribution in [3.05, 3.63) is 23.5 Å². The van der Waals surface area contributed by atoms with E-state index in [9.17, 15) is 9.59 Å². The number of nitrogens with zero attached hydrogens (tertiary/aromatic N) is 3. The van der Waals surface area contributed by atoms with Gasteiger partial charge in [-0.25, -0.2) is 0 Å². The molecule has 0 spiro atoms. The third kappa shape index (κ3) is 3.31. The van der Waals surface area contributed by atoms with Crippen molar-refractivity contribution in [2.75, 3.05) is 19.7 Å². The fourth-order valence-corrected chi connectivity index (χ4v) is 2.29. The predicted octanol–water partition coefficient (Wildman–Crippen LogP) is 1.20. The number of esters is 1. The van der Waals surface area contributed by atoms with Gasteiger partial charge in [-0.05, 0) is 38.8 Å². The Morgan fingerprint density at radius 1 is 1.40 bits per heavy atom. The SMILES string of the molecule is CCOC(=O)C1CCCN(C(=O)c2ccc(C)nn2)C1. The van der Waals surface area contributed by atoms with Gasteiger partial charge < -0.3 is 9.64 Å². The molecule has 0 bridgehead atoms. The second-order valence-corrected chi connectivity index (χ2v) is 4.90. The molecule has 0 aromatic carbocycles. The van der Waals surface area contributed by atoms with Gasteiger partial charge in [-0.15, -0.1) is 5.10 Å². The van der Waals surface area contributed by atoms with Crippen LogP contribution in [0.25, 0.3) is 0 Å². The number of hydrogen-bond donors (Lipinski definition) is 0. The van der Waals surface area contributed by atoms with E-state index in [1.165, 1.54) is 0 Å². The zero-order valence-electron chi connectivity index (χ0n) is 11.8. The first-order chi connectivity index (χ1) is 9.61. The standard InChI is InChI=1S/C14H19N3O3/c1-3-20-14(19)11-5-4-8-17(9-11)13(18)12-7-6-10(2)15-16-12/h6-7,11H,3-5,8-9H2,1-2H3. The Bertz CT molecular complexity index is 487. The molecule has 20 heavy (non-hydrogen) atoms. The lowest BCUT2D eigenvalue weighted by atomic mass is 9.98. The molecular weight excluding hydrogens is 258 g/mol. The van der Waals surface area contributed by atoms with E-state index < -0.39 is 0 Å². The summed E-state index contributed by atoms with van der Waals surface area (Å²) in [5.74, 6) is -0.627. The number of carbonyl (C=O) groups is 2. The van der Waals surface area contributed by atoms with E-state index in [4.69, 9.17) is 4.74 Å². The van der Waals surface area contributed by atoms with Crippen LogP contribution in [-0.2, 0) is 9.53 Å². The summed E-state index contributed by atoms with van der Waals surface area (Å²) >= 11 is 0. The highest BCUT2D eigenvalue weighted by Crippen LogP contribution is 2.19. The van der Waals surface area contributed by atoms with Crippen molar-refractivity contribution in [2.24, 2.45) is 5.92 Å². The van der Waals surface area contributed by atoms with Gasteiger partial charge in [0, 0.05) is 13.1 Å². The monoisotopic (exact) mass is 277 g/mol. The molecule has 1 aliphatic heterocycles. The van der Waals surface area contributed by atoms with Crippen LogP contribution < -0.4 is 0 Å². The lowest BCUT2D eigenvalue weighted by Gasteiger charge is -2.31. The topological polar surface area (TPSA) is 72.4 Å². The highest BCUT2D eigenvalue weighted by atomic mass is 16.5. The third-order valence-corrected chi connectivity index (χ3v) is 3.35. The summed E-state index contributed by atoms with van der Waals surface area (Å²) in [7, 11) is 0. The average Bonchev–Trinajstić information content (AvgIpc) is 2.48. The highest BCUT2D eigenvalue weighted by molar-refractivity contribution is 5.92. The van der Waals surface area contributed by atoms with E-state index in [1.54, 1.807) is 24.0 Å². The molecule has 2 rings (SSSR count). The summed E-state index contributed by atoms with van der Waals surface area (Å²) < 4.78 is 5.03. The van der Waals surface area contributed by atoms with Gasteiger partial charge in [0.1, 0.15) is 0 Å². The van der Waals surface area contributed by atoms with Crippen LogP contribution >= 0.6 is 0 Å². The molecule has 1 aromatic rings. The lowest BCUT2D eigenvalue weighted by Crippen LogP contribution is -2.43. The molecule has 1 fully saturated rings. The maximum absolute atomic E-state index is 12.3. The van der Waals surface area contributed by atoms with E-state index in [-0.39, 0.29) is 17.8 Å². The molecule has 1 amide bonds. The molecule has 0 N–H and O–H groups in total. The molecular formula is C14H19N3O3. The molecule has 1 atom stereocenters. The van der Waals surface area contributed by atoms with Crippen molar-refractivity contribution in [3.8, 4) is 0 Å². The van der Waals surface area contributed by atoms with Crippen LogP contribution in [0.15, 0.2) is 12.1 Å². The Hall–Kier alpha value is -1.98. The zero-order valence-corrected chi connectivity index (χ0v) is 11.8. The van der Waals surface area contributed by atoms with Crippen molar-refractivity contribution in [3.63, 3.8) is 0 Å². The maximum atomic E-state index is 12.3. The summed E-state index contributed by atoms with van der Waals surface area (Å²) in [6.45, 7) is 5.01. The number of aromatic nitrogens is 2. The summed E-state index contributed by atoms with van der Waals surface area (Å²) in [6, 6.07) is 3.42. The van der Waals surface area contributed by atoms with Gasteiger partial charge in [0.25, 0.3) is 5.91 Å². The number of piperidine rings is 1. The highest BCUT2D eigenvalue weighted by Gasteiger charge is 2.30. The predicted molar refractivity (Wildman–Crippen MR) is 72.0 cm³/mol. The van der Waals surface area contributed by atoms with Crippen molar-refractivity contribution >= 4 is 11.9 Å². The van der Waals surface area contributed by atoms with E-state index >= 15 is 0 Å². The van der Waals surface area contributed by atoms with Gasteiger partial charge in [0.2, 0.25) is 0 Å². The van der Waals surface area contributed by atoms with Crippen LogP contribution in [0, 0.1) is 12.8 Å². The Balaban J connectivity index is 2.03. The van der Waals surface area contributed by atoms with Crippen LogP contribution in [0.3, 0.4) is 0 Å². The fourth-order valence-electron chi connectivity index (χ4n) is 2.29. The molecule has 1 aromatic heterocycles. The fraction of sp³-hybridized carbons (Fsp3) is 0.571. The molecule has 6 heteroatoms. The quantitative estimate of drug-likeness (QED) is 0.776. The Kier molecular flexibility index (Phi) is 4.65. The second-order valence-electron chi connectivity index (χ2n) is 4.90. The Labute approximate surface area is 118 Å². The van der Waals surface area contributed by atoms with Crippen LogP contribution in [0.2, 0.25) is 0 Å². The van der Waals surface area contributed by atoms with E-state index in [0.717, 1.165) is 18.5 Å². The van der Waals surface area contributed by atoms with Gasteiger partial charge in [-0.3, -0.25) is 9.59 Å². The average molecular weight is 277 g/mol. The number of rotatable bonds is 3. The van der Waals surface area contributed by atoms with Gasteiger partial charge in [-0.1, -0.05) is 0 Å². The largest absolute Gasteiger partial charge is 0.466 e. The third-order valence-electron chi connectivity index (χ3n) is 3.35. The van der Waals surface area contributed by atoms with Crippen molar-refractivity contribution in [1.29, 1.82) is 0 Å². The minimum atomic E-state index is -0.231. The Morgan fingerprint density at radius 2 is 2.20 bits per heavy atom. The van der Waals surface area contributed by atoms with Gasteiger partial charge in [0.05, 0.1) is 18.2 Å². The summed E-state index contributed by atoms with van der Waals surface area (Å²) in [6.07, 6.45) is 1.57. The summed E-state index contributed by atoms with van der Waals surface area (Å²) in [4.78, 5) is 25.7. The number of likely N-dealkylation sites (tertiary alicyclic amines) is 1. The number of ether oxygens (including phenoxy) is 1. The van der Waals surface area contributed by atoms with Gasteiger partial charge >= 0.3 is 5.97 Å². The number of hydrogen-bond acceptors (Lipinski definition) is 5. The Morgan fingerprint density at radius 3 is 2.85 bits per heavy atom. The molecule has 2 heterocycles. The van der Waals surface area contributed by atoms with E-state index in [1.807, 2.05) is 6.92 Å². The molecule has 6 nitrogen and oxygen atoms in total. The molecule has 0 aliphatic carbocycles. The van der Waals surface area contributed by atoms with Crippen LogP contribution in [0.4, 0.5) is 0 Å². The summed E-state index contributed by atoms with van der Waals surface area (Å²) in [5.41, 5.74) is 1.09. The first-order valence-electron chi connectivity index (χ1n) is 6.88. The normalized spacial score (nSPS) is 18.7. The second kappa shape index (κ2) is 6.45. The number of carbonyl (C=O) groups excluding carboxylic acids is 2. The molecule has 0 saturated carbocycles. The van der Waals surface area contributed by atoms with Crippen LogP contribution in [-0.4, -0.2) is 46.7 Å². The number of amides is 1. The molecule has 1 saturated heterocycles. The molecule has 0 radical (unpaired) electrons. The first kappa shape index (κ1) is 14.4. The van der Waals surface area contributed by atoms with Crippen LogP contribution in [0.1, 0.15) is 35.9 Å². The lowest BCUT2D eigenvalue weighted by molar-refractivity contribution is -0.149. The summed E-state index contributed by atoms with van der Waals surface area (Å²) in [5, 5.41) is 7.79. The van der Waals surface area contributed by atoms with Crippen molar-refractivity contribution < 1.29 is 14.3 Å². The zero-order chi connectivity index (χ0) is 14.5. The van der Waals surface area contributed by atoms with E-state index in [2.05, 4.69) is 10.2 Å². The van der Waals surface area contributed by atoms with Gasteiger partial charge in [0.15, 0.2) is 5.69 Å². The molecule has 1 unspecified atom stereocenters. The minimum Gasteiger partial charge on any atom is -0.466 e. The molecule has 1 aliphatic rings. The van der Waals surface area contributed by atoms with E-state index in [0.29, 0.717) is 25.4 Å². The van der Waals surface area contributed by atoms with Crippen molar-refractivity contribution in [2.45, 2.75) is 26.7 Å². The van der Waals surface area contributed by atoms with Crippen molar-refractivity contribution in [1.82, 2.24) is 15.1 Å². The number of aryl methyl sites for hydroxylation is 1. The van der Waals surface area contributed by atoms with Crippen LogP contribution in [0.5, 0.6) is 0 Å². The minimum absolute atomic E-state index is 0.175. The maximum Gasteiger partial charge on any atom is 0.310 e. The smallest absolute Gasteiger partial charge is 0.310 e. The molecule has 108 valence electrons.